The van der Waals surface area contributed by atoms with Crippen LogP contribution in [0.2, 0.25) is 0 Å². The topological polar surface area (TPSA) is 47.0 Å². The van der Waals surface area contributed by atoms with Gasteiger partial charge in [-0.3, -0.25) is 14.6 Å². The van der Waals surface area contributed by atoms with Gasteiger partial charge in [0.15, 0.2) is 11.6 Å². The summed E-state index contributed by atoms with van der Waals surface area (Å²) in [4.78, 5) is 29.1. The van der Waals surface area contributed by atoms with Crippen molar-refractivity contribution < 1.29 is 14.0 Å². The highest BCUT2D eigenvalue weighted by atomic mass is 19.1. The number of pyridine rings is 1. The fourth-order valence-corrected chi connectivity index (χ4v) is 2.62. The first-order chi connectivity index (χ1) is 10.5. The third kappa shape index (κ3) is 2.37. The van der Waals surface area contributed by atoms with Crippen LogP contribution in [0.3, 0.4) is 0 Å². The molecule has 22 heavy (non-hydrogen) atoms. The van der Waals surface area contributed by atoms with E-state index >= 15 is 0 Å². The molecule has 0 atom stereocenters. The van der Waals surface area contributed by atoms with Gasteiger partial charge in [0.25, 0.3) is 0 Å². The lowest BCUT2D eigenvalue weighted by Gasteiger charge is -2.19. The molecular weight excluding hydrogens is 281 g/mol. The minimum absolute atomic E-state index is 0.129. The van der Waals surface area contributed by atoms with Gasteiger partial charge in [0.05, 0.1) is 6.20 Å². The maximum Gasteiger partial charge on any atom is 0.190 e. The molecule has 0 spiro atoms. The van der Waals surface area contributed by atoms with E-state index in [-0.39, 0.29) is 18.0 Å². The molecule has 1 aromatic heterocycles. The predicted molar refractivity (Wildman–Crippen MR) is 80.4 cm³/mol. The van der Waals surface area contributed by atoms with E-state index in [9.17, 15) is 14.0 Å². The lowest BCUT2D eigenvalue weighted by molar-refractivity contribution is 0.0973. The van der Waals surface area contributed by atoms with E-state index in [1.165, 1.54) is 12.1 Å². The molecule has 0 aliphatic heterocycles. The number of nitrogens with zero attached hydrogens (tertiary/aromatic N) is 1. The zero-order chi connectivity index (χ0) is 15.9. The van der Waals surface area contributed by atoms with Crippen molar-refractivity contribution in [3.63, 3.8) is 0 Å². The Kier molecular flexibility index (Phi) is 3.45. The van der Waals surface area contributed by atoms with Crippen LogP contribution in [-0.4, -0.2) is 16.6 Å². The maximum absolute atomic E-state index is 12.9. The molecule has 0 saturated heterocycles. The molecule has 0 amide bonds. The van der Waals surface area contributed by atoms with Crippen LogP contribution in [0.4, 0.5) is 4.39 Å². The lowest BCUT2D eigenvalue weighted by atomic mass is 9.82. The van der Waals surface area contributed by atoms with Gasteiger partial charge in [-0.1, -0.05) is 17.7 Å². The number of fused-ring (bicyclic) bond motifs is 1. The molecule has 1 aliphatic carbocycles. The summed E-state index contributed by atoms with van der Waals surface area (Å²) in [6.45, 7) is 3.54. The summed E-state index contributed by atoms with van der Waals surface area (Å²) in [6, 6.07) is 8.07. The zero-order valence-corrected chi connectivity index (χ0v) is 12.3. The normalized spacial score (nSPS) is 14.3. The minimum atomic E-state index is -0.429. The fraction of sp³-hybridized carbons (Fsp3) is 0.167. The minimum Gasteiger partial charge on any atom is -0.289 e. The summed E-state index contributed by atoms with van der Waals surface area (Å²) in [7, 11) is 0. The van der Waals surface area contributed by atoms with Crippen molar-refractivity contribution >= 4 is 11.6 Å². The molecule has 1 aliphatic rings. The lowest BCUT2D eigenvalue weighted by Crippen LogP contribution is -2.22. The smallest absolute Gasteiger partial charge is 0.190 e. The Morgan fingerprint density at radius 1 is 1.00 bits per heavy atom. The second-order valence-corrected chi connectivity index (χ2v) is 5.46. The van der Waals surface area contributed by atoms with Crippen LogP contribution in [0, 0.1) is 12.7 Å². The van der Waals surface area contributed by atoms with Gasteiger partial charge >= 0.3 is 0 Å². The van der Waals surface area contributed by atoms with Crippen molar-refractivity contribution in [2.24, 2.45) is 0 Å². The Bertz CT molecular complexity index is 819. The van der Waals surface area contributed by atoms with Crippen LogP contribution >= 0.6 is 0 Å². The van der Waals surface area contributed by atoms with Gasteiger partial charge < -0.3 is 0 Å². The highest BCUT2D eigenvalue weighted by molar-refractivity contribution is 6.26. The molecule has 3 rings (SSSR count). The van der Waals surface area contributed by atoms with Crippen LogP contribution < -0.4 is 0 Å². The number of halogens is 1. The van der Waals surface area contributed by atoms with Crippen molar-refractivity contribution in [1.82, 2.24) is 4.98 Å². The molecule has 1 aromatic carbocycles. The summed E-state index contributed by atoms with van der Waals surface area (Å²) >= 11 is 0. The zero-order valence-electron chi connectivity index (χ0n) is 12.3. The molecule has 0 unspecified atom stereocenters. The first-order valence-electron chi connectivity index (χ1n) is 6.97. The van der Waals surface area contributed by atoms with Gasteiger partial charge in [0, 0.05) is 34.4 Å². The average molecular weight is 295 g/mol. The van der Waals surface area contributed by atoms with Crippen LogP contribution in [0.25, 0.3) is 0 Å². The van der Waals surface area contributed by atoms with E-state index in [0.29, 0.717) is 28.0 Å². The number of allylic oxidation sites excluding steroid dienone is 2. The third-order valence-corrected chi connectivity index (χ3v) is 3.88. The average Bonchev–Trinajstić information content (AvgIpc) is 2.51. The SMILES string of the molecule is CC1=C(Cc2ccc(F)cn2)C(=O)c2ccc(C)cc2C1=O. The summed E-state index contributed by atoms with van der Waals surface area (Å²) < 4.78 is 12.9. The molecular formula is C18H14FNO2. The number of hydrogen-bond donors (Lipinski definition) is 0. The second kappa shape index (κ2) is 5.30. The van der Waals surface area contributed by atoms with E-state index in [2.05, 4.69) is 4.98 Å². The van der Waals surface area contributed by atoms with Gasteiger partial charge in [0.2, 0.25) is 0 Å². The first kappa shape index (κ1) is 14.3. The number of Topliss-reactive ketones (excluding diaryl/α,β-unsaturated/α-hetero) is 2. The Hall–Kier alpha value is -2.62. The Morgan fingerprint density at radius 3 is 2.45 bits per heavy atom. The molecule has 0 fully saturated rings. The third-order valence-electron chi connectivity index (χ3n) is 3.88. The van der Waals surface area contributed by atoms with Gasteiger partial charge in [-0.25, -0.2) is 4.39 Å². The van der Waals surface area contributed by atoms with Crippen LogP contribution in [-0.2, 0) is 6.42 Å². The van der Waals surface area contributed by atoms with Crippen molar-refractivity contribution in [1.29, 1.82) is 0 Å². The van der Waals surface area contributed by atoms with Crippen LogP contribution in [0.5, 0.6) is 0 Å². The largest absolute Gasteiger partial charge is 0.289 e. The number of ketones is 2. The maximum atomic E-state index is 12.9. The molecule has 3 nitrogen and oxygen atoms in total. The summed E-state index contributed by atoms with van der Waals surface area (Å²) in [5, 5.41) is 0. The molecule has 0 saturated carbocycles. The quantitative estimate of drug-likeness (QED) is 0.852. The van der Waals surface area contributed by atoms with E-state index in [4.69, 9.17) is 0 Å². The van der Waals surface area contributed by atoms with E-state index < -0.39 is 5.82 Å². The number of hydrogen-bond acceptors (Lipinski definition) is 3. The van der Waals surface area contributed by atoms with Crippen LogP contribution in [0.1, 0.15) is 38.9 Å². The number of rotatable bonds is 2. The molecule has 0 radical (unpaired) electrons. The summed E-state index contributed by atoms with van der Waals surface area (Å²) in [5.41, 5.74) is 3.26. The number of aromatic nitrogens is 1. The Labute approximate surface area is 127 Å². The molecule has 0 bridgehead atoms. The van der Waals surface area contributed by atoms with Crippen molar-refractivity contribution in [2.75, 3.05) is 0 Å². The number of carbonyl (C=O) groups excluding carboxylic acids is 2. The number of aryl methyl sites for hydroxylation is 1. The van der Waals surface area contributed by atoms with Crippen molar-refractivity contribution in [2.45, 2.75) is 20.3 Å². The van der Waals surface area contributed by atoms with Gasteiger partial charge in [0.1, 0.15) is 5.82 Å². The standard InChI is InChI=1S/C18H14FNO2/c1-10-3-6-14-16(7-10)17(21)11(2)15(18(14)22)8-13-5-4-12(19)9-20-13/h3-7,9H,8H2,1-2H3. The Balaban J connectivity index is 2.03. The molecule has 2 aromatic rings. The number of benzene rings is 1. The van der Waals surface area contributed by atoms with Gasteiger partial charge in [-0.05, 0) is 32.0 Å². The molecule has 4 heteroatoms. The van der Waals surface area contributed by atoms with Crippen molar-refractivity contribution in [3.8, 4) is 0 Å². The monoisotopic (exact) mass is 295 g/mol. The fourth-order valence-electron chi connectivity index (χ4n) is 2.62. The molecule has 0 N–H and O–H groups in total. The van der Waals surface area contributed by atoms with E-state index in [0.717, 1.165) is 11.8 Å². The van der Waals surface area contributed by atoms with Gasteiger partial charge in [-0.2, -0.15) is 0 Å². The van der Waals surface area contributed by atoms with E-state index in [1.54, 1.807) is 19.1 Å². The second-order valence-electron chi connectivity index (χ2n) is 5.46. The highest BCUT2D eigenvalue weighted by Crippen LogP contribution is 2.28. The predicted octanol–water partition coefficient (Wildman–Crippen LogP) is 3.47. The molecule has 110 valence electrons. The number of carbonyl (C=O) groups is 2. The summed E-state index contributed by atoms with van der Waals surface area (Å²) in [6.07, 6.45) is 1.33. The molecule has 1 heterocycles. The van der Waals surface area contributed by atoms with Crippen LogP contribution in [0.15, 0.2) is 47.7 Å². The van der Waals surface area contributed by atoms with Crippen molar-refractivity contribution in [3.05, 3.63) is 75.9 Å². The highest BCUT2D eigenvalue weighted by Gasteiger charge is 2.29. The first-order valence-corrected chi connectivity index (χ1v) is 6.97. The van der Waals surface area contributed by atoms with E-state index in [1.807, 2.05) is 13.0 Å². The summed E-state index contributed by atoms with van der Waals surface area (Å²) in [5.74, 6) is -0.713. The Morgan fingerprint density at radius 2 is 1.77 bits per heavy atom. The van der Waals surface area contributed by atoms with Gasteiger partial charge in [-0.15, -0.1) is 0 Å².